The molecule has 0 aliphatic carbocycles. The van der Waals surface area contributed by atoms with Crippen molar-refractivity contribution in [3.8, 4) is 0 Å². The molecular formula is C19H26ClN5O2. The first-order valence-corrected chi connectivity index (χ1v) is 9.28. The summed E-state index contributed by atoms with van der Waals surface area (Å²) in [5.41, 5.74) is 1.29. The summed E-state index contributed by atoms with van der Waals surface area (Å²) >= 11 is 0. The molecule has 1 aromatic heterocycles. The largest absolute Gasteiger partial charge is 0.392 e. The van der Waals surface area contributed by atoms with E-state index in [2.05, 4.69) is 51.3 Å². The number of benzene rings is 1. The predicted octanol–water partition coefficient (Wildman–Crippen LogP) is 1.11. The summed E-state index contributed by atoms with van der Waals surface area (Å²) in [6.45, 7) is 3.72. The summed E-state index contributed by atoms with van der Waals surface area (Å²) in [6.07, 6.45) is 1.82. The number of rotatable bonds is 4. The molecule has 0 radical (unpaired) electrons. The summed E-state index contributed by atoms with van der Waals surface area (Å²) in [4.78, 5) is 14.6. The van der Waals surface area contributed by atoms with Crippen molar-refractivity contribution in [1.29, 1.82) is 0 Å². The van der Waals surface area contributed by atoms with Crippen LogP contribution < -0.4 is 5.32 Å². The van der Waals surface area contributed by atoms with Crippen molar-refractivity contribution in [2.75, 3.05) is 13.1 Å². The van der Waals surface area contributed by atoms with E-state index in [0.29, 0.717) is 26.1 Å². The number of aliphatic hydroxyl groups excluding tert-OH is 1. The van der Waals surface area contributed by atoms with Gasteiger partial charge in [0.05, 0.1) is 24.7 Å². The summed E-state index contributed by atoms with van der Waals surface area (Å²) in [6, 6.07) is 10.2. The van der Waals surface area contributed by atoms with Crippen molar-refractivity contribution in [1.82, 2.24) is 25.0 Å². The molecule has 0 saturated carbocycles. The summed E-state index contributed by atoms with van der Waals surface area (Å²) in [5, 5.41) is 21.5. The number of hydrogen-bond acceptors (Lipinski definition) is 5. The van der Waals surface area contributed by atoms with E-state index in [4.69, 9.17) is 0 Å². The second kappa shape index (κ2) is 8.37. The Morgan fingerprint density at radius 3 is 2.74 bits per heavy atom. The van der Waals surface area contributed by atoms with Crippen LogP contribution in [-0.4, -0.2) is 55.9 Å². The number of nitrogens with zero attached hydrogens (tertiary/aromatic N) is 4. The van der Waals surface area contributed by atoms with Crippen molar-refractivity contribution in [2.24, 2.45) is 0 Å². The van der Waals surface area contributed by atoms with E-state index < -0.39 is 6.10 Å². The molecule has 1 saturated heterocycles. The maximum absolute atomic E-state index is 12.7. The number of aromatic nitrogens is 3. The fourth-order valence-corrected chi connectivity index (χ4v) is 3.98. The number of hydrogen-bond donors (Lipinski definition) is 2. The standard InChI is InChI=1S/C19H25N5O2.ClH/c1-13-11-23(19(26)16-9-15(25)10-20-16)12-18-22-21-17(24(13)18)8-7-14-5-3-2-4-6-14;/h2-6,13,15-16,20,25H,7-12H2,1H3;1H/t13-,15+,16-;/m0./s1. The number of β-amino-alcohol motifs (C(OH)–C–C–N with tert-alkyl or cyclic N) is 1. The quantitative estimate of drug-likeness (QED) is 0.815. The van der Waals surface area contributed by atoms with Gasteiger partial charge in [-0.1, -0.05) is 30.3 Å². The highest BCUT2D eigenvalue weighted by Crippen LogP contribution is 2.24. The third-order valence-corrected chi connectivity index (χ3v) is 5.29. The number of carbonyl (C=O) groups is 1. The molecule has 7 nitrogen and oxygen atoms in total. The van der Waals surface area contributed by atoms with Crippen LogP contribution in [0, 0.1) is 0 Å². The van der Waals surface area contributed by atoms with Crippen LogP contribution in [0.25, 0.3) is 0 Å². The Hall–Kier alpha value is -1.96. The molecule has 3 heterocycles. The SMILES string of the molecule is C[C@H]1CN(C(=O)[C@@H]2C[C@@H](O)CN2)Cc2nnc(CCc3ccccc3)n21.Cl. The van der Waals surface area contributed by atoms with Crippen LogP contribution in [-0.2, 0) is 24.2 Å². The van der Waals surface area contributed by atoms with Gasteiger partial charge in [0.2, 0.25) is 5.91 Å². The monoisotopic (exact) mass is 391 g/mol. The van der Waals surface area contributed by atoms with Crippen molar-refractivity contribution >= 4 is 18.3 Å². The molecule has 0 spiro atoms. The van der Waals surface area contributed by atoms with Crippen molar-refractivity contribution < 1.29 is 9.90 Å². The Kier molecular flexibility index (Phi) is 6.14. The van der Waals surface area contributed by atoms with Gasteiger partial charge in [-0.05, 0) is 25.3 Å². The van der Waals surface area contributed by atoms with E-state index in [1.165, 1.54) is 5.56 Å². The first-order valence-electron chi connectivity index (χ1n) is 9.28. The molecule has 4 rings (SSSR count). The fraction of sp³-hybridized carbons (Fsp3) is 0.526. The van der Waals surface area contributed by atoms with Crippen molar-refractivity contribution in [2.45, 2.75) is 50.9 Å². The van der Waals surface area contributed by atoms with Gasteiger partial charge >= 0.3 is 0 Å². The number of aliphatic hydroxyl groups is 1. The van der Waals surface area contributed by atoms with Crippen LogP contribution in [0.2, 0.25) is 0 Å². The lowest BCUT2D eigenvalue weighted by Gasteiger charge is -2.34. The van der Waals surface area contributed by atoms with Gasteiger partial charge in [0.25, 0.3) is 0 Å². The van der Waals surface area contributed by atoms with E-state index in [-0.39, 0.29) is 30.4 Å². The zero-order chi connectivity index (χ0) is 18.1. The topological polar surface area (TPSA) is 83.3 Å². The first kappa shape index (κ1) is 19.8. The molecule has 2 N–H and O–H groups in total. The van der Waals surface area contributed by atoms with Crippen molar-refractivity contribution in [3.63, 3.8) is 0 Å². The molecule has 0 bridgehead atoms. The van der Waals surface area contributed by atoms with Gasteiger partial charge in [0.1, 0.15) is 5.82 Å². The number of halogens is 1. The lowest BCUT2D eigenvalue weighted by molar-refractivity contribution is -0.135. The van der Waals surface area contributed by atoms with E-state index in [1.54, 1.807) is 0 Å². The fourth-order valence-electron chi connectivity index (χ4n) is 3.98. The van der Waals surface area contributed by atoms with E-state index in [0.717, 1.165) is 24.5 Å². The second-order valence-corrected chi connectivity index (χ2v) is 7.31. The van der Waals surface area contributed by atoms with Gasteiger partial charge < -0.3 is 19.9 Å². The Labute approximate surface area is 165 Å². The molecule has 146 valence electrons. The zero-order valence-corrected chi connectivity index (χ0v) is 16.2. The Morgan fingerprint density at radius 1 is 1.26 bits per heavy atom. The van der Waals surface area contributed by atoms with Crippen LogP contribution >= 0.6 is 12.4 Å². The number of nitrogens with one attached hydrogen (secondary N) is 1. The highest BCUT2D eigenvalue weighted by Gasteiger charge is 2.35. The lowest BCUT2D eigenvalue weighted by atomic mass is 10.1. The molecule has 0 unspecified atom stereocenters. The third kappa shape index (κ3) is 4.15. The van der Waals surface area contributed by atoms with Gasteiger partial charge in [-0.25, -0.2) is 0 Å². The van der Waals surface area contributed by atoms with E-state index >= 15 is 0 Å². The Bertz CT molecular complexity index is 782. The van der Waals surface area contributed by atoms with Crippen LogP contribution in [0.15, 0.2) is 30.3 Å². The van der Waals surface area contributed by atoms with Crippen LogP contribution in [0.5, 0.6) is 0 Å². The molecule has 27 heavy (non-hydrogen) atoms. The van der Waals surface area contributed by atoms with Crippen molar-refractivity contribution in [3.05, 3.63) is 47.5 Å². The average Bonchev–Trinajstić information content (AvgIpc) is 3.26. The second-order valence-electron chi connectivity index (χ2n) is 7.31. The molecule has 1 amide bonds. The number of carbonyl (C=O) groups excluding carboxylic acids is 1. The predicted molar refractivity (Wildman–Crippen MR) is 104 cm³/mol. The van der Waals surface area contributed by atoms with Gasteiger partial charge in [-0.15, -0.1) is 22.6 Å². The minimum Gasteiger partial charge on any atom is -0.392 e. The number of amides is 1. The molecule has 2 aromatic rings. The number of aryl methyl sites for hydroxylation is 2. The van der Waals surface area contributed by atoms with Crippen LogP contribution in [0.1, 0.15) is 36.6 Å². The van der Waals surface area contributed by atoms with Gasteiger partial charge in [0.15, 0.2) is 5.82 Å². The van der Waals surface area contributed by atoms with Gasteiger partial charge in [0, 0.05) is 19.5 Å². The average molecular weight is 392 g/mol. The smallest absolute Gasteiger partial charge is 0.240 e. The maximum atomic E-state index is 12.7. The summed E-state index contributed by atoms with van der Waals surface area (Å²) in [5.74, 6) is 1.88. The summed E-state index contributed by atoms with van der Waals surface area (Å²) in [7, 11) is 0. The minimum atomic E-state index is -0.431. The molecule has 1 fully saturated rings. The Morgan fingerprint density at radius 2 is 2.04 bits per heavy atom. The van der Waals surface area contributed by atoms with E-state index in [9.17, 15) is 9.90 Å². The van der Waals surface area contributed by atoms with Crippen LogP contribution in [0.3, 0.4) is 0 Å². The third-order valence-electron chi connectivity index (χ3n) is 5.29. The highest BCUT2D eigenvalue weighted by molar-refractivity contribution is 5.85. The first-order chi connectivity index (χ1) is 12.6. The molecule has 1 aromatic carbocycles. The summed E-state index contributed by atoms with van der Waals surface area (Å²) < 4.78 is 2.18. The minimum absolute atomic E-state index is 0. The molecular weight excluding hydrogens is 366 g/mol. The molecule has 2 aliphatic rings. The Balaban J connectivity index is 0.00000210. The number of fused-ring (bicyclic) bond motifs is 1. The van der Waals surface area contributed by atoms with Gasteiger partial charge in [-0.2, -0.15) is 0 Å². The van der Waals surface area contributed by atoms with Gasteiger partial charge in [-0.3, -0.25) is 4.79 Å². The molecule has 8 heteroatoms. The maximum Gasteiger partial charge on any atom is 0.240 e. The normalized spacial score (nSPS) is 24.4. The molecule has 3 atom stereocenters. The van der Waals surface area contributed by atoms with E-state index in [1.807, 2.05) is 11.0 Å². The van der Waals surface area contributed by atoms with Crippen LogP contribution in [0.4, 0.5) is 0 Å². The highest BCUT2D eigenvalue weighted by atomic mass is 35.5. The zero-order valence-electron chi connectivity index (χ0n) is 15.4. The lowest BCUT2D eigenvalue weighted by Crippen LogP contribution is -2.48. The molecule has 2 aliphatic heterocycles.